The van der Waals surface area contributed by atoms with Crippen molar-refractivity contribution in [2.24, 2.45) is 5.92 Å². The van der Waals surface area contributed by atoms with Crippen LogP contribution in [0.1, 0.15) is 40.5 Å². The summed E-state index contributed by atoms with van der Waals surface area (Å²) < 4.78 is 0. The number of hydrogen-bond donors (Lipinski definition) is 6. The normalized spacial score (nSPS) is 21.0. The Hall–Kier alpha value is -2.20. The molecule has 5 atom stereocenters. The maximum atomic E-state index is 12.6. The van der Waals surface area contributed by atoms with Crippen LogP contribution in [0.4, 0.5) is 0 Å². The molecule has 0 spiro atoms. The van der Waals surface area contributed by atoms with Gasteiger partial charge in [0.1, 0.15) is 18.1 Å². The van der Waals surface area contributed by atoms with E-state index in [1.54, 1.807) is 13.8 Å². The van der Waals surface area contributed by atoms with Crippen molar-refractivity contribution in [1.82, 2.24) is 21.3 Å². The van der Waals surface area contributed by atoms with Gasteiger partial charge < -0.3 is 31.5 Å². The molecular formula is C17H30N4O6. The van der Waals surface area contributed by atoms with Crippen molar-refractivity contribution in [2.75, 3.05) is 6.54 Å². The molecule has 10 heteroatoms. The molecule has 0 bridgehead atoms. The smallest absolute Gasteiger partial charge is 0.325 e. The summed E-state index contributed by atoms with van der Waals surface area (Å²) in [5.74, 6) is -3.29. The maximum absolute atomic E-state index is 12.6. The third-order valence-electron chi connectivity index (χ3n) is 4.42. The Kier molecular flexibility index (Phi) is 8.64. The molecule has 1 fully saturated rings. The first-order valence-corrected chi connectivity index (χ1v) is 9.10. The molecule has 10 nitrogen and oxygen atoms in total. The van der Waals surface area contributed by atoms with E-state index in [1.807, 2.05) is 0 Å². The average Bonchev–Trinajstić information content (AvgIpc) is 3.10. The standard InChI is InChI=1S/C17H30N4O6/c1-8(2)12(15(24)19-9(3)17(26)27)20-16(25)13(10(4)22)21-14(23)11-6-5-7-18-11/h8-13,18,22H,5-7H2,1-4H3,(H,19,24)(H,20,25)(H,21,23)(H,26,27). The number of carboxylic acid groups (broad SMARTS) is 1. The third-order valence-corrected chi connectivity index (χ3v) is 4.42. The number of nitrogens with one attached hydrogen (secondary N) is 4. The summed E-state index contributed by atoms with van der Waals surface area (Å²) in [7, 11) is 0. The summed E-state index contributed by atoms with van der Waals surface area (Å²) in [4.78, 5) is 48.0. The van der Waals surface area contributed by atoms with E-state index in [9.17, 15) is 24.3 Å². The zero-order valence-corrected chi connectivity index (χ0v) is 16.1. The number of aliphatic hydroxyl groups is 1. The second-order valence-corrected chi connectivity index (χ2v) is 7.17. The van der Waals surface area contributed by atoms with E-state index in [-0.39, 0.29) is 5.92 Å². The van der Waals surface area contributed by atoms with Gasteiger partial charge in [0.2, 0.25) is 17.7 Å². The largest absolute Gasteiger partial charge is 0.480 e. The van der Waals surface area contributed by atoms with Crippen molar-refractivity contribution in [2.45, 2.75) is 70.8 Å². The van der Waals surface area contributed by atoms with Gasteiger partial charge in [-0.25, -0.2) is 0 Å². The van der Waals surface area contributed by atoms with Crippen molar-refractivity contribution >= 4 is 23.7 Å². The van der Waals surface area contributed by atoms with Gasteiger partial charge in [-0.3, -0.25) is 19.2 Å². The average molecular weight is 386 g/mol. The van der Waals surface area contributed by atoms with E-state index in [0.717, 1.165) is 6.42 Å². The molecule has 154 valence electrons. The third kappa shape index (κ3) is 6.79. The zero-order chi connectivity index (χ0) is 20.7. The summed E-state index contributed by atoms with van der Waals surface area (Å²) in [6.07, 6.45) is 0.314. The Morgan fingerprint density at radius 3 is 2.00 bits per heavy atom. The predicted octanol–water partition coefficient (Wildman–Crippen LogP) is -1.67. The number of aliphatic carboxylic acids is 1. The molecule has 0 radical (unpaired) electrons. The van der Waals surface area contributed by atoms with Crippen molar-refractivity contribution in [3.05, 3.63) is 0 Å². The lowest BCUT2D eigenvalue weighted by atomic mass is 10.0. The van der Waals surface area contributed by atoms with Crippen molar-refractivity contribution in [3.8, 4) is 0 Å². The van der Waals surface area contributed by atoms with Crippen molar-refractivity contribution in [1.29, 1.82) is 0 Å². The predicted molar refractivity (Wildman–Crippen MR) is 96.6 cm³/mol. The van der Waals surface area contributed by atoms with Crippen LogP contribution in [-0.4, -0.2) is 70.7 Å². The first kappa shape index (κ1) is 22.8. The Labute approximate surface area is 158 Å². The highest BCUT2D eigenvalue weighted by molar-refractivity contribution is 5.94. The van der Waals surface area contributed by atoms with E-state index >= 15 is 0 Å². The van der Waals surface area contributed by atoms with Crippen LogP contribution < -0.4 is 21.3 Å². The molecule has 1 saturated heterocycles. The lowest BCUT2D eigenvalue weighted by Crippen LogP contribution is -2.60. The molecule has 0 aromatic heterocycles. The number of carbonyl (C=O) groups excluding carboxylic acids is 3. The van der Waals surface area contributed by atoms with Gasteiger partial charge in [0, 0.05) is 0 Å². The number of rotatable bonds is 9. The number of carbonyl (C=O) groups is 4. The number of hydrogen-bond acceptors (Lipinski definition) is 6. The van der Waals surface area contributed by atoms with Crippen LogP contribution >= 0.6 is 0 Å². The minimum absolute atomic E-state index is 0.336. The number of aliphatic hydroxyl groups excluding tert-OH is 1. The first-order chi connectivity index (χ1) is 12.5. The Bertz CT molecular complexity index is 560. The fraction of sp³-hybridized carbons (Fsp3) is 0.765. The first-order valence-electron chi connectivity index (χ1n) is 9.10. The van der Waals surface area contributed by atoms with Crippen LogP contribution in [0, 0.1) is 5.92 Å². The molecule has 1 rings (SSSR count). The maximum Gasteiger partial charge on any atom is 0.325 e. The van der Waals surface area contributed by atoms with Crippen LogP contribution in [0.3, 0.4) is 0 Å². The molecule has 6 N–H and O–H groups in total. The molecule has 1 aliphatic heterocycles. The lowest BCUT2D eigenvalue weighted by molar-refractivity contribution is -0.142. The quantitative estimate of drug-likeness (QED) is 0.277. The summed E-state index contributed by atoms with van der Waals surface area (Å²) >= 11 is 0. The molecule has 0 aromatic rings. The molecule has 27 heavy (non-hydrogen) atoms. The minimum atomic E-state index is -1.23. The van der Waals surface area contributed by atoms with Gasteiger partial charge in [0.25, 0.3) is 0 Å². The minimum Gasteiger partial charge on any atom is -0.480 e. The highest BCUT2D eigenvalue weighted by atomic mass is 16.4. The second-order valence-electron chi connectivity index (χ2n) is 7.17. The molecular weight excluding hydrogens is 356 g/mol. The monoisotopic (exact) mass is 386 g/mol. The number of amides is 3. The van der Waals surface area contributed by atoms with E-state index in [0.29, 0.717) is 13.0 Å². The zero-order valence-electron chi connectivity index (χ0n) is 16.1. The molecule has 5 unspecified atom stereocenters. The molecule has 3 amide bonds. The summed E-state index contributed by atoms with van der Waals surface area (Å²) in [6, 6.07) is -3.77. The van der Waals surface area contributed by atoms with Gasteiger partial charge in [-0.15, -0.1) is 0 Å². The topological polar surface area (TPSA) is 157 Å². The fourth-order valence-electron chi connectivity index (χ4n) is 2.71. The van der Waals surface area contributed by atoms with Gasteiger partial charge in [0.15, 0.2) is 0 Å². The molecule has 0 saturated carbocycles. The van der Waals surface area contributed by atoms with Crippen LogP contribution in [0.25, 0.3) is 0 Å². The molecule has 1 aliphatic rings. The Morgan fingerprint density at radius 2 is 1.56 bits per heavy atom. The fourth-order valence-corrected chi connectivity index (χ4v) is 2.71. The van der Waals surface area contributed by atoms with Gasteiger partial charge in [-0.1, -0.05) is 13.8 Å². The SMILES string of the molecule is CC(NC(=O)C(NC(=O)C(NC(=O)C1CCCN1)C(C)O)C(C)C)C(=O)O. The summed E-state index contributed by atoms with van der Waals surface area (Å²) in [5, 5.41) is 29.1. The van der Waals surface area contributed by atoms with Gasteiger partial charge in [-0.05, 0) is 39.2 Å². The summed E-state index contributed by atoms with van der Waals surface area (Å²) in [5.41, 5.74) is 0. The van der Waals surface area contributed by atoms with Crippen LogP contribution in [0.15, 0.2) is 0 Å². The molecule has 0 aromatic carbocycles. The van der Waals surface area contributed by atoms with E-state index in [2.05, 4.69) is 21.3 Å². The van der Waals surface area contributed by atoms with E-state index in [1.165, 1.54) is 13.8 Å². The van der Waals surface area contributed by atoms with Crippen LogP contribution in [-0.2, 0) is 19.2 Å². The van der Waals surface area contributed by atoms with Gasteiger partial charge >= 0.3 is 5.97 Å². The van der Waals surface area contributed by atoms with E-state index < -0.39 is 54.0 Å². The van der Waals surface area contributed by atoms with Crippen LogP contribution in [0.2, 0.25) is 0 Å². The van der Waals surface area contributed by atoms with E-state index in [4.69, 9.17) is 5.11 Å². The van der Waals surface area contributed by atoms with Crippen LogP contribution in [0.5, 0.6) is 0 Å². The second kappa shape index (κ2) is 10.2. The van der Waals surface area contributed by atoms with Gasteiger partial charge in [0.05, 0.1) is 12.1 Å². The van der Waals surface area contributed by atoms with Gasteiger partial charge in [-0.2, -0.15) is 0 Å². The Balaban J connectivity index is 2.79. The van der Waals surface area contributed by atoms with Crippen molar-refractivity contribution < 1.29 is 29.4 Å². The Morgan fingerprint density at radius 1 is 0.963 bits per heavy atom. The summed E-state index contributed by atoms with van der Waals surface area (Å²) in [6.45, 7) is 6.76. The number of carboxylic acids is 1. The van der Waals surface area contributed by atoms with Crippen molar-refractivity contribution in [3.63, 3.8) is 0 Å². The molecule has 0 aliphatic carbocycles. The highest BCUT2D eigenvalue weighted by Gasteiger charge is 2.33. The highest BCUT2D eigenvalue weighted by Crippen LogP contribution is 2.07. The molecule has 1 heterocycles. The lowest BCUT2D eigenvalue weighted by Gasteiger charge is -2.27.